The van der Waals surface area contributed by atoms with E-state index >= 15 is 0 Å². The van der Waals surface area contributed by atoms with Crippen molar-refractivity contribution in [3.8, 4) is 0 Å². The summed E-state index contributed by atoms with van der Waals surface area (Å²) in [6.07, 6.45) is 7.43. The number of alkyl halides is 1. The molecule has 23 heavy (non-hydrogen) atoms. The molecule has 0 unspecified atom stereocenters. The summed E-state index contributed by atoms with van der Waals surface area (Å²) in [7, 11) is 0. The maximum absolute atomic E-state index is 12.3. The molecule has 1 aliphatic heterocycles. The van der Waals surface area contributed by atoms with E-state index < -0.39 is 0 Å². The lowest BCUT2D eigenvalue weighted by molar-refractivity contribution is 0.144. The van der Waals surface area contributed by atoms with Gasteiger partial charge in [-0.1, -0.05) is 92.1 Å². The summed E-state index contributed by atoms with van der Waals surface area (Å²) in [5.41, 5.74) is 1.13. The van der Waals surface area contributed by atoms with E-state index in [2.05, 4.69) is 48.2 Å². The van der Waals surface area contributed by atoms with Gasteiger partial charge in [-0.15, -0.1) is 0 Å². The topological polar surface area (TPSA) is 29.5 Å². The molecule has 2 rings (SSSR count). The molecule has 0 aromatic heterocycles. The number of carbonyl (C=O) groups excluding carboxylic acids is 1. The minimum Gasteiger partial charge on any atom is -0.440 e. The zero-order valence-corrected chi connectivity index (χ0v) is 15.9. The van der Waals surface area contributed by atoms with Gasteiger partial charge < -0.3 is 4.74 Å². The number of cyclic esters (lactones) is 1. The van der Waals surface area contributed by atoms with E-state index in [0.29, 0.717) is 10.5 Å². The molecule has 0 radical (unpaired) electrons. The zero-order chi connectivity index (χ0) is 16.7. The van der Waals surface area contributed by atoms with Gasteiger partial charge in [0.2, 0.25) is 0 Å². The van der Waals surface area contributed by atoms with E-state index in [1.165, 1.54) is 25.7 Å². The third-order valence-corrected chi connectivity index (χ3v) is 5.66. The minimum atomic E-state index is -0.223. The summed E-state index contributed by atoms with van der Waals surface area (Å²) in [4.78, 5) is 14.2. The highest BCUT2D eigenvalue weighted by atomic mass is 127. The van der Waals surface area contributed by atoms with Crippen molar-refractivity contribution in [2.24, 2.45) is 0 Å². The minimum absolute atomic E-state index is 0.0717. The van der Waals surface area contributed by atoms with Crippen molar-refractivity contribution in [1.29, 1.82) is 0 Å². The quantitative estimate of drug-likeness (QED) is 0.231. The Balaban J connectivity index is 2.04. The van der Waals surface area contributed by atoms with Crippen LogP contribution in [0.1, 0.15) is 44.6 Å². The first-order chi connectivity index (χ1) is 11.2. The Hall–Kier alpha value is -1.04. The lowest BCUT2D eigenvalue weighted by Gasteiger charge is -2.28. The van der Waals surface area contributed by atoms with E-state index in [1.54, 1.807) is 6.08 Å². The molecule has 3 atom stereocenters. The van der Waals surface area contributed by atoms with E-state index in [4.69, 9.17) is 4.74 Å². The van der Waals surface area contributed by atoms with Crippen LogP contribution in [0.4, 0.5) is 4.79 Å². The predicted molar refractivity (Wildman–Crippen MR) is 103 cm³/mol. The summed E-state index contributed by atoms with van der Waals surface area (Å²) in [5, 5.41) is 0. The number of carbonyl (C=O) groups is 1. The van der Waals surface area contributed by atoms with Gasteiger partial charge in [0.15, 0.2) is 0 Å². The van der Waals surface area contributed by atoms with Gasteiger partial charge in [-0.05, 0) is 18.1 Å². The first-order valence-corrected chi connectivity index (χ1v) is 9.69. The third-order valence-electron chi connectivity index (χ3n) is 4.30. The summed E-state index contributed by atoms with van der Waals surface area (Å²) >= 11 is 2.48. The van der Waals surface area contributed by atoms with Gasteiger partial charge >= 0.3 is 6.09 Å². The molecule has 1 saturated heterocycles. The molecular weight excluding hydrogens is 401 g/mol. The van der Waals surface area contributed by atoms with E-state index in [9.17, 15) is 4.79 Å². The predicted octanol–water partition coefficient (Wildman–Crippen LogP) is 5.34. The van der Waals surface area contributed by atoms with E-state index in [-0.39, 0.29) is 18.2 Å². The van der Waals surface area contributed by atoms with Crippen LogP contribution in [-0.2, 0) is 11.3 Å². The van der Waals surface area contributed by atoms with Crippen LogP contribution in [0, 0.1) is 0 Å². The molecule has 1 aromatic rings. The fraction of sp³-hybridized carbons (Fsp3) is 0.526. The van der Waals surface area contributed by atoms with Gasteiger partial charge in [0, 0.05) is 10.5 Å². The summed E-state index contributed by atoms with van der Waals surface area (Å²) in [5.74, 6) is 0. The number of rotatable bonds is 9. The smallest absolute Gasteiger partial charge is 0.411 e. The van der Waals surface area contributed by atoms with Crippen molar-refractivity contribution in [2.45, 2.75) is 61.6 Å². The molecular formula is C19H26INO2. The standard InChI is InChI=1S/C19H26INO2/c1-3-5-6-10-13-16(20)18-17(4-2)23-19(22)21(18)14-15-11-8-7-9-12-15/h4,7-9,11-12,16-18H,2-3,5-6,10,13-14H2,1H3/t16-,17+,18-/m1/s1. The Bertz CT molecular complexity index is 505. The Morgan fingerprint density at radius 3 is 2.70 bits per heavy atom. The first kappa shape index (κ1) is 18.3. The van der Waals surface area contributed by atoms with Crippen LogP contribution in [-0.4, -0.2) is 27.1 Å². The van der Waals surface area contributed by atoms with Gasteiger partial charge in [0.05, 0.1) is 6.04 Å². The van der Waals surface area contributed by atoms with Crippen molar-refractivity contribution < 1.29 is 9.53 Å². The number of ether oxygens (including phenoxy) is 1. The van der Waals surface area contributed by atoms with Crippen LogP contribution < -0.4 is 0 Å². The number of benzene rings is 1. The molecule has 3 nitrogen and oxygen atoms in total. The van der Waals surface area contributed by atoms with Crippen LogP contribution in [0.2, 0.25) is 0 Å². The van der Waals surface area contributed by atoms with Gasteiger partial charge in [0.1, 0.15) is 6.10 Å². The van der Waals surface area contributed by atoms with E-state index in [1.807, 2.05) is 23.1 Å². The SMILES string of the molecule is C=C[C@@H]1OC(=O)N(Cc2ccccc2)[C@@H]1[C@H](I)CCCCCC. The second-order valence-electron chi connectivity index (χ2n) is 6.05. The van der Waals surface area contributed by atoms with Gasteiger partial charge in [0.25, 0.3) is 0 Å². The number of hydrogen-bond acceptors (Lipinski definition) is 2. The zero-order valence-electron chi connectivity index (χ0n) is 13.8. The molecule has 0 N–H and O–H groups in total. The monoisotopic (exact) mass is 427 g/mol. The maximum atomic E-state index is 12.3. The molecule has 0 saturated carbocycles. The fourth-order valence-electron chi connectivity index (χ4n) is 3.03. The van der Waals surface area contributed by atoms with Crippen LogP contribution in [0.5, 0.6) is 0 Å². The average molecular weight is 427 g/mol. The highest BCUT2D eigenvalue weighted by molar-refractivity contribution is 14.1. The lowest BCUT2D eigenvalue weighted by atomic mass is 10.0. The van der Waals surface area contributed by atoms with Crippen LogP contribution in [0.3, 0.4) is 0 Å². The number of unbranched alkanes of at least 4 members (excludes halogenated alkanes) is 3. The Morgan fingerprint density at radius 1 is 1.30 bits per heavy atom. The average Bonchev–Trinajstić information content (AvgIpc) is 2.88. The van der Waals surface area contributed by atoms with Gasteiger partial charge in [-0.2, -0.15) is 0 Å². The summed E-state index contributed by atoms with van der Waals surface area (Å²) < 4.78 is 5.90. The van der Waals surface area contributed by atoms with Crippen LogP contribution >= 0.6 is 22.6 Å². The highest BCUT2D eigenvalue weighted by Gasteiger charge is 2.43. The molecule has 1 amide bonds. The molecule has 1 fully saturated rings. The molecule has 0 aliphatic carbocycles. The lowest BCUT2D eigenvalue weighted by Crippen LogP contribution is -2.42. The first-order valence-electron chi connectivity index (χ1n) is 8.45. The summed E-state index contributed by atoms with van der Waals surface area (Å²) in [6, 6.07) is 10.2. The van der Waals surface area contributed by atoms with Gasteiger partial charge in [-0.25, -0.2) is 4.79 Å². The van der Waals surface area contributed by atoms with Crippen LogP contribution in [0.25, 0.3) is 0 Å². The normalized spacial score (nSPS) is 22.0. The molecule has 0 spiro atoms. The Labute approximate surface area is 153 Å². The Morgan fingerprint density at radius 2 is 2.04 bits per heavy atom. The third kappa shape index (κ3) is 4.96. The highest BCUT2D eigenvalue weighted by Crippen LogP contribution is 2.31. The molecule has 1 heterocycles. The molecule has 126 valence electrons. The van der Waals surface area contributed by atoms with Crippen molar-refractivity contribution in [3.63, 3.8) is 0 Å². The second kappa shape index (κ2) is 9.30. The van der Waals surface area contributed by atoms with Crippen molar-refractivity contribution >= 4 is 28.7 Å². The molecule has 4 heteroatoms. The largest absolute Gasteiger partial charge is 0.440 e. The Kier molecular flexibility index (Phi) is 7.40. The van der Waals surface area contributed by atoms with Gasteiger partial charge in [-0.3, -0.25) is 4.90 Å². The van der Waals surface area contributed by atoms with Crippen molar-refractivity contribution in [2.75, 3.05) is 0 Å². The van der Waals surface area contributed by atoms with Crippen molar-refractivity contribution in [3.05, 3.63) is 48.6 Å². The molecule has 0 bridgehead atoms. The fourth-order valence-corrected chi connectivity index (χ4v) is 4.27. The number of nitrogens with zero attached hydrogens (tertiary/aromatic N) is 1. The maximum Gasteiger partial charge on any atom is 0.411 e. The summed E-state index contributed by atoms with van der Waals surface area (Å²) in [6.45, 7) is 6.68. The number of hydrogen-bond donors (Lipinski definition) is 0. The number of halogens is 1. The molecule has 1 aliphatic rings. The van der Waals surface area contributed by atoms with Crippen LogP contribution in [0.15, 0.2) is 43.0 Å². The number of amides is 1. The van der Waals surface area contributed by atoms with E-state index in [0.717, 1.165) is 12.0 Å². The molecule has 1 aromatic carbocycles. The van der Waals surface area contributed by atoms with Crippen molar-refractivity contribution in [1.82, 2.24) is 4.90 Å². The second-order valence-corrected chi connectivity index (χ2v) is 7.65.